The number of para-hydroxylation sites is 1. The zero-order valence-corrected chi connectivity index (χ0v) is 23.4. The molecule has 0 aliphatic carbocycles. The molecule has 0 bridgehead atoms. The Morgan fingerprint density at radius 1 is 1.18 bits per heavy atom. The Morgan fingerprint density at radius 2 is 1.93 bits per heavy atom. The summed E-state index contributed by atoms with van der Waals surface area (Å²) >= 11 is 0. The van der Waals surface area contributed by atoms with Gasteiger partial charge in [0.25, 0.3) is 6.47 Å². The van der Waals surface area contributed by atoms with Crippen molar-refractivity contribution in [3.63, 3.8) is 0 Å². The monoisotopic (exact) mass is 544 g/mol. The van der Waals surface area contributed by atoms with E-state index in [1.54, 1.807) is 4.68 Å². The fourth-order valence-corrected chi connectivity index (χ4v) is 5.42. The van der Waals surface area contributed by atoms with E-state index >= 15 is 0 Å². The van der Waals surface area contributed by atoms with Crippen molar-refractivity contribution in [1.29, 1.82) is 0 Å². The number of rotatable bonds is 7. The molecule has 4 aromatic rings. The molecule has 0 saturated carbocycles. The Labute approximate surface area is 234 Å². The average Bonchev–Trinajstić information content (AvgIpc) is 3.21. The number of aromatic nitrogens is 3. The lowest BCUT2D eigenvalue weighted by molar-refractivity contribution is -0.137. The first kappa shape index (κ1) is 28.8. The first-order valence-corrected chi connectivity index (χ1v) is 13.4. The van der Waals surface area contributed by atoms with E-state index in [2.05, 4.69) is 65.5 Å². The molecule has 210 valence electrons. The number of aliphatic carboxylic acids is 1. The van der Waals surface area contributed by atoms with Crippen LogP contribution in [0.2, 0.25) is 0 Å². The van der Waals surface area contributed by atoms with Gasteiger partial charge >= 0.3 is 5.97 Å². The first-order chi connectivity index (χ1) is 19.2. The van der Waals surface area contributed by atoms with Crippen molar-refractivity contribution in [3.8, 4) is 5.75 Å². The van der Waals surface area contributed by atoms with Gasteiger partial charge in [-0.1, -0.05) is 54.6 Å². The number of hydrogen-bond acceptors (Lipinski definition) is 6. The average molecular weight is 545 g/mol. The number of ether oxygens (including phenoxy) is 1. The quantitative estimate of drug-likeness (QED) is 0.310. The van der Waals surface area contributed by atoms with Gasteiger partial charge in [-0.3, -0.25) is 14.5 Å². The largest absolute Gasteiger partial charge is 0.489 e. The van der Waals surface area contributed by atoms with Gasteiger partial charge in [0.2, 0.25) is 0 Å². The van der Waals surface area contributed by atoms with Crippen molar-refractivity contribution in [1.82, 2.24) is 19.9 Å². The molecular weight excluding hydrogens is 508 g/mol. The lowest BCUT2D eigenvalue weighted by atomic mass is 9.84. The molecule has 2 heterocycles. The summed E-state index contributed by atoms with van der Waals surface area (Å²) in [5.41, 5.74) is 8.33. The van der Waals surface area contributed by atoms with Crippen molar-refractivity contribution in [2.45, 2.75) is 58.7 Å². The number of benzene rings is 3. The minimum Gasteiger partial charge on any atom is -0.489 e. The topological polar surface area (TPSA) is 118 Å². The molecule has 5 rings (SSSR count). The highest BCUT2D eigenvalue weighted by Crippen LogP contribution is 2.35. The van der Waals surface area contributed by atoms with E-state index in [0.717, 1.165) is 59.5 Å². The predicted octanol–water partition coefficient (Wildman–Crippen LogP) is 5.07. The lowest BCUT2D eigenvalue weighted by Crippen LogP contribution is -2.32. The van der Waals surface area contributed by atoms with Crippen LogP contribution >= 0.6 is 0 Å². The molecular formula is C31H36N4O5. The van der Waals surface area contributed by atoms with Crippen LogP contribution < -0.4 is 4.74 Å². The summed E-state index contributed by atoms with van der Waals surface area (Å²) in [6, 6.07) is 18.7. The number of carbonyl (C=O) groups is 2. The zero-order chi connectivity index (χ0) is 28.8. The summed E-state index contributed by atoms with van der Waals surface area (Å²) in [6.07, 6.45) is 1.08. The Bertz CT molecular complexity index is 1500. The summed E-state index contributed by atoms with van der Waals surface area (Å²) < 4.78 is 8.04. The predicted molar refractivity (Wildman–Crippen MR) is 152 cm³/mol. The number of fused-ring (bicyclic) bond motifs is 2. The molecule has 40 heavy (non-hydrogen) atoms. The van der Waals surface area contributed by atoms with Crippen LogP contribution in [0.5, 0.6) is 5.75 Å². The number of nitrogens with zero attached hydrogens (tertiary/aromatic N) is 4. The van der Waals surface area contributed by atoms with Crippen molar-refractivity contribution in [3.05, 3.63) is 88.0 Å². The number of aryl methyl sites for hydroxylation is 3. The summed E-state index contributed by atoms with van der Waals surface area (Å²) in [5.74, 6) is -0.128. The maximum absolute atomic E-state index is 12.0. The second-order valence-corrected chi connectivity index (χ2v) is 10.2. The molecule has 9 nitrogen and oxygen atoms in total. The molecule has 0 fully saturated rings. The van der Waals surface area contributed by atoms with Crippen LogP contribution in [0.15, 0.2) is 54.6 Å². The van der Waals surface area contributed by atoms with E-state index in [-0.39, 0.29) is 24.9 Å². The van der Waals surface area contributed by atoms with Gasteiger partial charge in [-0.2, -0.15) is 0 Å². The van der Waals surface area contributed by atoms with E-state index in [1.165, 1.54) is 16.7 Å². The molecule has 1 aliphatic rings. The molecule has 0 spiro atoms. The molecule has 0 radical (unpaired) electrons. The Morgan fingerprint density at radius 3 is 2.65 bits per heavy atom. The summed E-state index contributed by atoms with van der Waals surface area (Å²) in [4.78, 5) is 22.8. The van der Waals surface area contributed by atoms with Crippen molar-refractivity contribution in [2.24, 2.45) is 7.05 Å². The molecule has 0 unspecified atom stereocenters. The maximum Gasteiger partial charge on any atom is 0.304 e. The first-order valence-electron chi connectivity index (χ1n) is 13.4. The van der Waals surface area contributed by atoms with Gasteiger partial charge in [-0.25, -0.2) is 4.68 Å². The highest BCUT2D eigenvalue weighted by molar-refractivity contribution is 5.80. The molecule has 0 amide bonds. The van der Waals surface area contributed by atoms with E-state index in [1.807, 2.05) is 32.2 Å². The van der Waals surface area contributed by atoms with Crippen LogP contribution in [0.25, 0.3) is 11.0 Å². The van der Waals surface area contributed by atoms with Gasteiger partial charge in [-0.05, 0) is 60.2 Å². The second kappa shape index (κ2) is 12.7. The Hall–Kier alpha value is -4.24. The van der Waals surface area contributed by atoms with Gasteiger partial charge in [0.1, 0.15) is 17.4 Å². The van der Waals surface area contributed by atoms with Gasteiger partial charge in [0, 0.05) is 38.2 Å². The van der Waals surface area contributed by atoms with Gasteiger partial charge < -0.3 is 14.9 Å². The smallest absolute Gasteiger partial charge is 0.304 e. The third-order valence-electron chi connectivity index (χ3n) is 7.58. The van der Waals surface area contributed by atoms with Crippen molar-refractivity contribution < 1.29 is 24.5 Å². The molecule has 1 aromatic heterocycles. The van der Waals surface area contributed by atoms with E-state index in [4.69, 9.17) is 14.6 Å². The molecule has 0 saturated heterocycles. The normalized spacial score (nSPS) is 15.8. The highest BCUT2D eigenvalue weighted by atomic mass is 16.5. The molecule has 2 atom stereocenters. The SMILES string of the molecule is CC[C@@H]1CN(Cc2cc([C@H](CC(=O)O)c3ccc4c(nnn4C)c3C)ccc2C)Cc2ccccc2O1.O=CO. The van der Waals surface area contributed by atoms with Crippen molar-refractivity contribution >= 4 is 23.5 Å². The molecule has 2 N–H and O–H groups in total. The van der Waals surface area contributed by atoms with Crippen LogP contribution in [0, 0.1) is 13.8 Å². The standard InChI is InChI=1S/C30H34N4O3.CH2O2/c1-5-24-18-34(16-22-8-6-7-9-28(22)37-24)17-23-14-21(11-10-19(23)2)26(15-29(35)36)25-12-13-27-30(20(25)3)31-32-33(27)4;2-1-3/h6-14,24,26H,5,15-18H2,1-4H3,(H,35,36);1H,(H,2,3)/t24-,26+;/m1./s1. The molecule has 3 aromatic carbocycles. The van der Waals surface area contributed by atoms with Crippen LogP contribution in [-0.4, -0.2) is 55.2 Å². The van der Waals surface area contributed by atoms with Gasteiger partial charge in [0.15, 0.2) is 0 Å². The Kier molecular flexibility index (Phi) is 9.16. The third-order valence-corrected chi connectivity index (χ3v) is 7.58. The zero-order valence-electron chi connectivity index (χ0n) is 23.4. The minimum absolute atomic E-state index is 0.0119. The van der Waals surface area contributed by atoms with E-state index in [0.29, 0.717) is 0 Å². The summed E-state index contributed by atoms with van der Waals surface area (Å²) in [6.45, 7) is 8.48. The maximum atomic E-state index is 12.0. The lowest BCUT2D eigenvalue weighted by Gasteiger charge is -2.25. The molecule has 1 aliphatic heterocycles. The van der Waals surface area contributed by atoms with Gasteiger partial charge in [0.05, 0.1) is 11.9 Å². The number of hydrogen-bond donors (Lipinski definition) is 2. The number of carboxylic acids is 1. The number of carboxylic acid groups (broad SMARTS) is 2. The highest BCUT2D eigenvalue weighted by Gasteiger charge is 2.25. The van der Waals surface area contributed by atoms with Crippen LogP contribution in [0.3, 0.4) is 0 Å². The fraction of sp³-hybridized carbons (Fsp3) is 0.355. The minimum atomic E-state index is -0.821. The van der Waals surface area contributed by atoms with E-state index in [9.17, 15) is 9.90 Å². The Balaban J connectivity index is 0.00000118. The fourth-order valence-electron chi connectivity index (χ4n) is 5.42. The van der Waals surface area contributed by atoms with Crippen LogP contribution in [0.1, 0.15) is 59.1 Å². The summed E-state index contributed by atoms with van der Waals surface area (Å²) in [7, 11) is 1.87. The van der Waals surface area contributed by atoms with E-state index < -0.39 is 5.97 Å². The van der Waals surface area contributed by atoms with Crippen LogP contribution in [-0.2, 0) is 29.7 Å². The van der Waals surface area contributed by atoms with Gasteiger partial charge in [-0.15, -0.1) is 5.10 Å². The second-order valence-electron chi connectivity index (χ2n) is 10.2. The summed E-state index contributed by atoms with van der Waals surface area (Å²) in [5, 5.41) is 25.2. The molecule has 9 heteroatoms. The third kappa shape index (κ3) is 6.31. The van der Waals surface area contributed by atoms with Crippen LogP contribution in [0.4, 0.5) is 0 Å². The van der Waals surface area contributed by atoms with Crippen molar-refractivity contribution in [2.75, 3.05) is 6.54 Å².